The number of carbonyl (C=O) groups is 2. The van der Waals surface area contributed by atoms with Gasteiger partial charge in [-0.1, -0.05) is 45.8 Å². The Kier molecular flexibility index (Phi) is 11.3. The number of benzene rings is 1. The minimum absolute atomic E-state index is 0.00116. The molecule has 6 nitrogen and oxygen atoms in total. The first-order valence-corrected chi connectivity index (χ1v) is 12.5. The zero-order chi connectivity index (χ0) is 25.1. The maximum absolute atomic E-state index is 13.3. The number of hydrogen-bond donors (Lipinski definition) is 1. The zero-order valence-corrected chi connectivity index (χ0v) is 21.4. The maximum atomic E-state index is 13.3. The molecular weight excluding hydrogens is 430 g/mol. The number of ether oxygens (including phenoxy) is 2. The summed E-state index contributed by atoms with van der Waals surface area (Å²) in [4.78, 5) is 29.5. The number of allylic oxidation sites excluding steroid dienone is 1. The molecule has 6 heteroatoms. The molecule has 0 spiro atoms. The second kappa shape index (κ2) is 13.9. The predicted molar refractivity (Wildman–Crippen MR) is 136 cm³/mol. The molecule has 1 aromatic rings. The third kappa shape index (κ3) is 8.96. The lowest BCUT2D eigenvalue weighted by molar-refractivity contribution is -0.150. The molecule has 1 N–H and O–H groups in total. The van der Waals surface area contributed by atoms with Crippen LogP contribution < -0.4 is 4.74 Å². The van der Waals surface area contributed by atoms with Crippen molar-refractivity contribution in [3.8, 4) is 11.5 Å². The van der Waals surface area contributed by atoms with Gasteiger partial charge in [0.25, 0.3) is 0 Å². The third-order valence-corrected chi connectivity index (χ3v) is 6.32. The topological polar surface area (TPSA) is 85.2 Å². The summed E-state index contributed by atoms with van der Waals surface area (Å²) in [6, 6.07) is 5.29. The molecule has 1 aliphatic heterocycles. The van der Waals surface area contributed by atoms with E-state index in [4.69, 9.17) is 9.47 Å². The molecule has 0 saturated heterocycles. The monoisotopic (exact) mass is 471 g/mol. The van der Waals surface area contributed by atoms with Gasteiger partial charge in [0.1, 0.15) is 11.9 Å². The molecule has 1 heterocycles. The molecule has 188 valence electrons. The fourth-order valence-electron chi connectivity index (χ4n) is 4.67. The molecule has 0 amide bonds. The standard InChI is InChI=1S/C28H41NO5/c1-6-7-8-23(14-21-11-12-29-18-21)27(34-20(4)30)17-25(31)15-24(13-19(2)3)22-9-10-26(32)28(16-22)33-5/h9-11,16,18-19,23-24,27,32H,6-8,12-15,17H2,1-5H3/t23-,24+,27+/m1/s1. The van der Waals surface area contributed by atoms with Gasteiger partial charge >= 0.3 is 5.97 Å². The fourth-order valence-corrected chi connectivity index (χ4v) is 4.67. The van der Waals surface area contributed by atoms with Crippen LogP contribution in [0.3, 0.4) is 0 Å². The van der Waals surface area contributed by atoms with Crippen molar-refractivity contribution in [3.63, 3.8) is 0 Å². The predicted octanol–water partition coefficient (Wildman–Crippen LogP) is 6.02. The van der Waals surface area contributed by atoms with E-state index in [9.17, 15) is 14.7 Å². The van der Waals surface area contributed by atoms with Gasteiger partial charge in [0, 0.05) is 31.9 Å². The van der Waals surface area contributed by atoms with E-state index in [1.807, 2.05) is 18.3 Å². The van der Waals surface area contributed by atoms with Crippen molar-refractivity contribution in [2.75, 3.05) is 13.7 Å². The van der Waals surface area contributed by atoms with Crippen LogP contribution in [0.1, 0.15) is 84.1 Å². The van der Waals surface area contributed by atoms with E-state index in [1.54, 1.807) is 6.07 Å². The fraction of sp³-hybridized carbons (Fsp3) is 0.607. The summed E-state index contributed by atoms with van der Waals surface area (Å²) in [6.45, 7) is 8.51. The van der Waals surface area contributed by atoms with E-state index in [2.05, 4.69) is 31.8 Å². The van der Waals surface area contributed by atoms with Crippen LogP contribution in [0.2, 0.25) is 0 Å². The Labute approximate surface area is 204 Å². The molecular formula is C28H41NO5. The van der Waals surface area contributed by atoms with E-state index in [0.717, 1.165) is 43.2 Å². The van der Waals surface area contributed by atoms with Crippen molar-refractivity contribution in [3.05, 3.63) is 35.4 Å². The highest BCUT2D eigenvalue weighted by atomic mass is 16.5. The quantitative estimate of drug-likeness (QED) is 0.316. The Hall–Kier alpha value is -2.63. The van der Waals surface area contributed by atoms with Gasteiger partial charge in [0.2, 0.25) is 0 Å². The van der Waals surface area contributed by atoms with E-state index in [-0.39, 0.29) is 35.8 Å². The van der Waals surface area contributed by atoms with Crippen LogP contribution in [-0.4, -0.2) is 42.8 Å². The zero-order valence-electron chi connectivity index (χ0n) is 21.4. The van der Waals surface area contributed by atoms with E-state index < -0.39 is 6.10 Å². The van der Waals surface area contributed by atoms with Crippen molar-refractivity contribution in [1.82, 2.24) is 0 Å². The first kappa shape index (κ1) is 27.6. The van der Waals surface area contributed by atoms with E-state index in [0.29, 0.717) is 24.6 Å². The van der Waals surface area contributed by atoms with Crippen molar-refractivity contribution in [2.24, 2.45) is 16.8 Å². The minimum atomic E-state index is -0.444. The summed E-state index contributed by atoms with van der Waals surface area (Å²) in [6.07, 6.45) is 8.67. The van der Waals surface area contributed by atoms with Crippen LogP contribution in [0.4, 0.5) is 0 Å². The lowest BCUT2D eigenvalue weighted by Gasteiger charge is -2.27. The number of unbranched alkanes of at least 4 members (excludes halogenated alkanes) is 1. The van der Waals surface area contributed by atoms with Gasteiger partial charge < -0.3 is 14.6 Å². The molecule has 0 bridgehead atoms. The summed E-state index contributed by atoms with van der Waals surface area (Å²) in [5, 5.41) is 9.98. The number of esters is 1. The molecule has 1 aliphatic rings. The summed E-state index contributed by atoms with van der Waals surface area (Å²) >= 11 is 0. The van der Waals surface area contributed by atoms with Crippen LogP contribution in [0.25, 0.3) is 0 Å². The highest BCUT2D eigenvalue weighted by molar-refractivity contribution is 5.81. The van der Waals surface area contributed by atoms with Crippen molar-refractivity contribution in [1.29, 1.82) is 0 Å². The first-order chi connectivity index (χ1) is 16.2. The molecule has 0 radical (unpaired) electrons. The Morgan fingerprint density at radius 1 is 1.21 bits per heavy atom. The van der Waals surface area contributed by atoms with Gasteiger partial charge in [-0.2, -0.15) is 0 Å². The number of hydrogen-bond acceptors (Lipinski definition) is 6. The van der Waals surface area contributed by atoms with Crippen molar-refractivity contribution < 1.29 is 24.2 Å². The number of phenolic OH excluding ortho intramolecular Hbond substituents is 1. The van der Waals surface area contributed by atoms with Crippen LogP contribution >= 0.6 is 0 Å². The van der Waals surface area contributed by atoms with Gasteiger partial charge in [0.15, 0.2) is 11.5 Å². The number of nitrogens with zero attached hydrogens (tertiary/aromatic N) is 1. The van der Waals surface area contributed by atoms with Gasteiger partial charge in [-0.15, -0.1) is 0 Å². The third-order valence-electron chi connectivity index (χ3n) is 6.32. The second-order valence-corrected chi connectivity index (χ2v) is 9.73. The Bertz CT molecular complexity index is 874. The van der Waals surface area contributed by atoms with Gasteiger partial charge in [0.05, 0.1) is 13.7 Å². The molecule has 0 fully saturated rings. The van der Waals surface area contributed by atoms with E-state index >= 15 is 0 Å². The number of aliphatic imine (C=N–C) groups is 1. The number of ketones is 1. The molecule has 0 aliphatic carbocycles. The average Bonchev–Trinajstić information content (AvgIpc) is 3.28. The normalized spacial score (nSPS) is 15.6. The molecule has 0 saturated carbocycles. The molecule has 2 rings (SSSR count). The molecule has 34 heavy (non-hydrogen) atoms. The van der Waals surface area contributed by atoms with E-state index in [1.165, 1.54) is 14.0 Å². The summed E-state index contributed by atoms with van der Waals surface area (Å²) in [7, 11) is 1.52. The molecule has 3 atom stereocenters. The lowest BCUT2D eigenvalue weighted by atomic mass is 9.83. The highest BCUT2D eigenvalue weighted by Crippen LogP contribution is 2.35. The molecule has 0 aromatic heterocycles. The summed E-state index contributed by atoms with van der Waals surface area (Å²) < 4.78 is 11.0. The van der Waals surface area contributed by atoms with Gasteiger partial charge in [-0.3, -0.25) is 14.6 Å². The minimum Gasteiger partial charge on any atom is -0.504 e. The van der Waals surface area contributed by atoms with Crippen molar-refractivity contribution in [2.45, 2.75) is 84.7 Å². The maximum Gasteiger partial charge on any atom is 0.302 e. The summed E-state index contributed by atoms with van der Waals surface area (Å²) in [5.74, 6) is 0.698. The molecule has 1 aromatic carbocycles. The smallest absolute Gasteiger partial charge is 0.302 e. The van der Waals surface area contributed by atoms with Crippen molar-refractivity contribution >= 4 is 18.0 Å². The van der Waals surface area contributed by atoms with Crippen LogP contribution in [0, 0.1) is 11.8 Å². The average molecular weight is 472 g/mol. The Morgan fingerprint density at radius 3 is 2.56 bits per heavy atom. The molecule has 0 unspecified atom stereocenters. The Morgan fingerprint density at radius 2 is 1.97 bits per heavy atom. The second-order valence-electron chi connectivity index (χ2n) is 9.73. The van der Waals surface area contributed by atoms with Crippen LogP contribution in [0.15, 0.2) is 34.8 Å². The lowest BCUT2D eigenvalue weighted by Crippen LogP contribution is -2.30. The van der Waals surface area contributed by atoms with Gasteiger partial charge in [-0.25, -0.2) is 0 Å². The summed E-state index contributed by atoms with van der Waals surface area (Å²) in [5.41, 5.74) is 2.12. The number of Topliss-reactive ketones (excluding diaryl/α,β-unsaturated/α-hetero) is 1. The Balaban J connectivity index is 2.20. The number of rotatable bonds is 15. The number of aromatic hydroxyl groups is 1. The first-order valence-electron chi connectivity index (χ1n) is 12.5. The number of methoxy groups -OCH3 is 1. The van der Waals surface area contributed by atoms with Crippen LogP contribution in [-0.2, 0) is 14.3 Å². The van der Waals surface area contributed by atoms with Gasteiger partial charge in [-0.05, 0) is 54.4 Å². The number of carbonyl (C=O) groups excluding carboxylic acids is 2. The van der Waals surface area contributed by atoms with Crippen LogP contribution in [0.5, 0.6) is 11.5 Å². The SMILES string of the molecule is CCCC[C@H](CC1=CCN=C1)[C@H](CC(=O)C[C@H](CC(C)C)c1ccc(O)c(OC)c1)OC(C)=O. The highest BCUT2D eigenvalue weighted by Gasteiger charge is 2.29. The number of phenols is 1. The largest absolute Gasteiger partial charge is 0.504 e.